The van der Waals surface area contributed by atoms with Crippen molar-refractivity contribution in [3.63, 3.8) is 0 Å². The van der Waals surface area contributed by atoms with Gasteiger partial charge in [0.15, 0.2) is 0 Å². The monoisotopic (exact) mass is 305 g/mol. The first-order valence-corrected chi connectivity index (χ1v) is 8.53. The van der Waals surface area contributed by atoms with Gasteiger partial charge in [-0.15, -0.1) is 11.3 Å². The van der Waals surface area contributed by atoms with Crippen LogP contribution in [0, 0.1) is 23.7 Å². The number of rotatable bonds is 4. The standard InChI is InChI=1S/C17H23NO2S/c1-13-4-2-5-14(10-13)7-8-18-17(20)15-11-16(21-12-15)6-3-9-19/h11-14,19H,2,4-5,7-10H2,1H3,(H,18,20). The van der Waals surface area contributed by atoms with Crippen molar-refractivity contribution < 1.29 is 9.90 Å². The number of thiophene rings is 1. The lowest BCUT2D eigenvalue weighted by molar-refractivity contribution is 0.0950. The maximum atomic E-state index is 12.0. The van der Waals surface area contributed by atoms with Crippen LogP contribution in [0.2, 0.25) is 0 Å². The SMILES string of the molecule is CC1CCCC(CCNC(=O)c2csc(C#CCO)c2)C1. The summed E-state index contributed by atoms with van der Waals surface area (Å²) in [5.41, 5.74) is 0.666. The summed E-state index contributed by atoms with van der Waals surface area (Å²) in [4.78, 5) is 12.9. The lowest BCUT2D eigenvalue weighted by Gasteiger charge is -2.26. The first-order valence-electron chi connectivity index (χ1n) is 7.65. The normalized spacial score (nSPS) is 21.4. The Kier molecular flexibility index (Phi) is 6.28. The minimum Gasteiger partial charge on any atom is -0.384 e. The molecule has 1 fully saturated rings. The van der Waals surface area contributed by atoms with Crippen LogP contribution in [0.15, 0.2) is 11.4 Å². The van der Waals surface area contributed by atoms with Gasteiger partial charge in [0.25, 0.3) is 5.91 Å². The zero-order valence-corrected chi connectivity index (χ0v) is 13.3. The predicted molar refractivity (Wildman–Crippen MR) is 86.4 cm³/mol. The van der Waals surface area contributed by atoms with Gasteiger partial charge < -0.3 is 10.4 Å². The van der Waals surface area contributed by atoms with E-state index in [-0.39, 0.29) is 12.5 Å². The number of aliphatic hydroxyl groups excluding tert-OH is 1. The number of amides is 1. The van der Waals surface area contributed by atoms with Gasteiger partial charge in [0.2, 0.25) is 0 Å². The maximum Gasteiger partial charge on any atom is 0.252 e. The fraction of sp³-hybridized carbons (Fsp3) is 0.588. The molecule has 2 rings (SSSR count). The van der Waals surface area contributed by atoms with Crippen molar-refractivity contribution in [3.8, 4) is 11.8 Å². The van der Waals surface area contributed by atoms with E-state index in [1.54, 1.807) is 6.07 Å². The van der Waals surface area contributed by atoms with Gasteiger partial charge >= 0.3 is 0 Å². The molecular weight excluding hydrogens is 282 g/mol. The maximum absolute atomic E-state index is 12.0. The molecule has 3 nitrogen and oxygen atoms in total. The molecule has 2 N–H and O–H groups in total. The average Bonchev–Trinajstić information content (AvgIpc) is 2.94. The second-order valence-corrected chi connectivity index (χ2v) is 6.75. The second-order valence-electron chi connectivity index (χ2n) is 5.84. The van der Waals surface area contributed by atoms with E-state index >= 15 is 0 Å². The van der Waals surface area contributed by atoms with Gasteiger partial charge in [-0.2, -0.15) is 0 Å². The number of hydrogen-bond acceptors (Lipinski definition) is 3. The molecule has 0 saturated heterocycles. The minimum atomic E-state index is -0.154. The van der Waals surface area contributed by atoms with Gasteiger partial charge in [0.1, 0.15) is 6.61 Å². The zero-order valence-electron chi connectivity index (χ0n) is 12.5. The van der Waals surface area contributed by atoms with Crippen LogP contribution < -0.4 is 5.32 Å². The summed E-state index contributed by atoms with van der Waals surface area (Å²) in [6, 6.07) is 1.78. The molecule has 0 spiro atoms. The Morgan fingerprint density at radius 2 is 2.38 bits per heavy atom. The number of nitrogens with one attached hydrogen (secondary N) is 1. The molecule has 1 heterocycles. The number of carbonyl (C=O) groups is 1. The third-order valence-corrected chi connectivity index (χ3v) is 4.88. The molecule has 21 heavy (non-hydrogen) atoms. The Labute approximate surface area is 130 Å². The molecule has 0 aromatic carbocycles. The third kappa shape index (κ3) is 5.18. The summed E-state index contributed by atoms with van der Waals surface area (Å²) in [6.45, 7) is 2.92. The molecule has 4 heteroatoms. The highest BCUT2D eigenvalue weighted by molar-refractivity contribution is 7.10. The smallest absolute Gasteiger partial charge is 0.252 e. The highest BCUT2D eigenvalue weighted by Crippen LogP contribution is 2.30. The Hall–Kier alpha value is -1.31. The predicted octanol–water partition coefficient (Wildman–Crippen LogP) is 3.04. The van der Waals surface area contributed by atoms with Crippen LogP contribution in [0.5, 0.6) is 0 Å². The Bertz CT molecular complexity index is 526. The fourth-order valence-corrected chi connectivity index (χ4v) is 3.72. The van der Waals surface area contributed by atoms with E-state index in [1.807, 2.05) is 5.38 Å². The van der Waals surface area contributed by atoms with Gasteiger partial charge in [-0.05, 0) is 30.7 Å². The van der Waals surface area contributed by atoms with Gasteiger partial charge in [-0.1, -0.05) is 38.0 Å². The van der Waals surface area contributed by atoms with Crippen molar-refractivity contribution in [3.05, 3.63) is 21.9 Å². The van der Waals surface area contributed by atoms with Crippen LogP contribution in [-0.4, -0.2) is 24.2 Å². The molecule has 1 aliphatic carbocycles. The van der Waals surface area contributed by atoms with E-state index in [1.165, 1.54) is 37.0 Å². The van der Waals surface area contributed by atoms with Gasteiger partial charge in [-0.3, -0.25) is 4.79 Å². The summed E-state index contributed by atoms with van der Waals surface area (Å²) in [5, 5.41) is 13.5. The van der Waals surface area contributed by atoms with E-state index in [0.717, 1.165) is 29.7 Å². The zero-order chi connectivity index (χ0) is 15.1. The van der Waals surface area contributed by atoms with Crippen molar-refractivity contribution >= 4 is 17.2 Å². The van der Waals surface area contributed by atoms with Crippen molar-refractivity contribution in [2.45, 2.75) is 39.0 Å². The number of carbonyl (C=O) groups excluding carboxylic acids is 1. The molecule has 0 bridgehead atoms. The van der Waals surface area contributed by atoms with E-state index in [9.17, 15) is 4.79 Å². The van der Waals surface area contributed by atoms with Crippen molar-refractivity contribution in [2.24, 2.45) is 11.8 Å². The Morgan fingerprint density at radius 3 is 3.14 bits per heavy atom. The quantitative estimate of drug-likeness (QED) is 0.840. The molecule has 1 aliphatic rings. The van der Waals surface area contributed by atoms with Crippen molar-refractivity contribution in [1.82, 2.24) is 5.32 Å². The van der Waals surface area contributed by atoms with Crippen LogP contribution in [-0.2, 0) is 0 Å². The summed E-state index contributed by atoms with van der Waals surface area (Å²) in [5.74, 6) is 6.99. The van der Waals surface area contributed by atoms with Crippen LogP contribution in [0.3, 0.4) is 0 Å². The van der Waals surface area contributed by atoms with Crippen molar-refractivity contribution in [2.75, 3.05) is 13.2 Å². The molecule has 2 unspecified atom stereocenters. The van der Waals surface area contributed by atoms with E-state index in [0.29, 0.717) is 5.56 Å². The number of aliphatic hydroxyl groups is 1. The van der Waals surface area contributed by atoms with Crippen molar-refractivity contribution in [1.29, 1.82) is 0 Å². The van der Waals surface area contributed by atoms with Crippen LogP contribution in [0.4, 0.5) is 0 Å². The van der Waals surface area contributed by atoms with E-state index < -0.39 is 0 Å². The topological polar surface area (TPSA) is 49.3 Å². The summed E-state index contributed by atoms with van der Waals surface area (Å²) in [7, 11) is 0. The molecule has 2 atom stereocenters. The fourth-order valence-electron chi connectivity index (χ4n) is 2.96. The molecule has 1 aromatic heterocycles. The molecule has 114 valence electrons. The summed E-state index contributed by atoms with van der Waals surface area (Å²) >= 11 is 1.43. The molecular formula is C17H23NO2S. The molecule has 1 amide bonds. The van der Waals surface area contributed by atoms with Crippen LogP contribution in [0.1, 0.15) is 54.3 Å². The minimum absolute atomic E-state index is 0.0212. The summed E-state index contributed by atoms with van der Waals surface area (Å²) < 4.78 is 0. The van der Waals surface area contributed by atoms with E-state index in [4.69, 9.17) is 5.11 Å². The number of hydrogen-bond donors (Lipinski definition) is 2. The highest BCUT2D eigenvalue weighted by atomic mass is 32.1. The van der Waals surface area contributed by atoms with Crippen LogP contribution >= 0.6 is 11.3 Å². The Morgan fingerprint density at radius 1 is 1.52 bits per heavy atom. The Balaban J connectivity index is 1.75. The first kappa shape index (κ1) is 16.1. The molecule has 0 aliphatic heterocycles. The third-order valence-electron chi connectivity index (χ3n) is 4.04. The second kappa shape index (κ2) is 8.21. The summed E-state index contributed by atoms with van der Waals surface area (Å²) in [6.07, 6.45) is 6.37. The van der Waals surface area contributed by atoms with Gasteiger partial charge in [0.05, 0.1) is 10.4 Å². The highest BCUT2D eigenvalue weighted by Gasteiger charge is 2.18. The molecule has 1 saturated carbocycles. The lowest BCUT2D eigenvalue weighted by Crippen LogP contribution is -2.26. The van der Waals surface area contributed by atoms with Crippen LogP contribution in [0.25, 0.3) is 0 Å². The molecule has 1 aromatic rings. The largest absolute Gasteiger partial charge is 0.384 e. The average molecular weight is 305 g/mol. The van der Waals surface area contributed by atoms with E-state index in [2.05, 4.69) is 24.1 Å². The lowest BCUT2D eigenvalue weighted by atomic mass is 9.81. The van der Waals surface area contributed by atoms with Gasteiger partial charge in [-0.25, -0.2) is 0 Å². The molecule has 0 radical (unpaired) electrons. The van der Waals surface area contributed by atoms with Gasteiger partial charge in [0, 0.05) is 11.9 Å². The first-order chi connectivity index (χ1) is 10.2.